The van der Waals surface area contributed by atoms with Crippen LogP contribution in [0.5, 0.6) is 0 Å². The van der Waals surface area contributed by atoms with Crippen LogP contribution in [0.3, 0.4) is 0 Å². The molecule has 0 bridgehead atoms. The van der Waals surface area contributed by atoms with Crippen LogP contribution in [0.2, 0.25) is 0 Å². The smallest absolute Gasteiger partial charge is 0.0701 e. The normalized spacial score (nSPS) is 12.5. The van der Waals surface area contributed by atoms with E-state index in [1.807, 2.05) is 0 Å². The third kappa shape index (κ3) is 18.0. The van der Waals surface area contributed by atoms with E-state index in [9.17, 15) is 0 Å². The summed E-state index contributed by atoms with van der Waals surface area (Å²) in [6.07, 6.45) is 2.11. The van der Waals surface area contributed by atoms with Gasteiger partial charge in [-0.3, -0.25) is 4.99 Å². The van der Waals surface area contributed by atoms with Crippen molar-refractivity contribution >= 4 is 17.1 Å². The topological polar surface area (TPSA) is 26.5 Å². The first-order valence-electron chi connectivity index (χ1n) is 15.4. The number of rotatable bonds is 8. The van der Waals surface area contributed by atoms with Crippen molar-refractivity contribution in [1.29, 1.82) is 0 Å². The molecule has 0 amide bonds. The van der Waals surface area contributed by atoms with Crippen molar-refractivity contribution in [1.82, 2.24) is 0 Å². The maximum atomic E-state index is 5.08. The minimum Gasteiger partial charge on any atom is -0.661 e. The fourth-order valence-corrected chi connectivity index (χ4v) is 4.00. The number of para-hydroxylation sites is 2. The Balaban J connectivity index is 0. The van der Waals surface area contributed by atoms with E-state index in [4.69, 9.17) is 10.3 Å². The molecule has 0 aliphatic carbocycles. The van der Waals surface area contributed by atoms with Crippen LogP contribution < -0.4 is 0 Å². The first kappa shape index (κ1) is 42.4. The fraction of sp³-hybridized carbons (Fsp3) is 0.564. The summed E-state index contributed by atoms with van der Waals surface area (Å²) in [4.78, 5) is 5.08. The van der Waals surface area contributed by atoms with Gasteiger partial charge in [-0.15, -0.1) is 5.69 Å². The molecule has 0 aliphatic heterocycles. The van der Waals surface area contributed by atoms with Crippen LogP contribution in [0.1, 0.15) is 157 Å². The zero-order valence-electron chi connectivity index (χ0n) is 30.1. The number of benzene rings is 2. The number of hydrogen-bond acceptors (Lipinski definition) is 1. The molecule has 1 radical (unpaired) electrons. The van der Waals surface area contributed by atoms with Crippen LogP contribution in [0, 0.1) is 24.7 Å². The van der Waals surface area contributed by atoms with Gasteiger partial charge in [0.05, 0.1) is 5.69 Å². The zero-order chi connectivity index (χ0) is 32.3. The van der Waals surface area contributed by atoms with Gasteiger partial charge in [0.25, 0.3) is 0 Å². The number of allylic oxidation sites excluding steroid dienone is 2. The minimum atomic E-state index is 0. The van der Waals surface area contributed by atoms with Crippen LogP contribution in [0.15, 0.2) is 53.2 Å². The van der Waals surface area contributed by atoms with Crippen molar-refractivity contribution in [2.24, 2.45) is 15.8 Å². The van der Waals surface area contributed by atoms with Gasteiger partial charge in [-0.2, -0.15) is 16.5 Å². The Morgan fingerprint density at radius 1 is 0.643 bits per heavy atom. The molecular weight excluding hydrogens is 547 g/mol. The van der Waals surface area contributed by atoms with Gasteiger partial charge in [-0.05, 0) is 41.7 Å². The second-order valence-electron chi connectivity index (χ2n) is 15.0. The van der Waals surface area contributed by atoms with E-state index in [1.165, 1.54) is 22.3 Å². The van der Waals surface area contributed by atoms with E-state index in [1.54, 1.807) is 0 Å². The molecule has 0 heterocycles. The molecule has 0 aromatic heterocycles. The van der Waals surface area contributed by atoms with Gasteiger partial charge in [0.2, 0.25) is 0 Å². The molecule has 0 saturated heterocycles. The Hall–Kier alpha value is -1.77. The third-order valence-corrected chi connectivity index (χ3v) is 5.68. The Bertz CT molecular complexity index is 1040. The van der Waals surface area contributed by atoms with E-state index in [2.05, 4.69) is 167 Å². The molecule has 237 valence electrons. The molecule has 3 heteroatoms. The Labute approximate surface area is 274 Å². The summed E-state index contributed by atoms with van der Waals surface area (Å²) >= 11 is 0. The Kier molecular flexibility index (Phi) is 19.0. The molecule has 0 N–H and O–H groups in total. The second-order valence-corrected chi connectivity index (χ2v) is 15.0. The van der Waals surface area contributed by atoms with Crippen LogP contribution in [-0.4, -0.2) is 5.71 Å². The molecular formula is C39H63N2V-3. The molecule has 0 spiro atoms. The average Bonchev–Trinajstić information content (AvgIpc) is 2.76. The van der Waals surface area contributed by atoms with E-state index >= 15 is 0 Å². The standard InChI is InChI=1S/C29H41N2.2C5H11.V/c1-18(2)24-13-11-14-25(19(3)4)28(24)30-22(9)17-23(10)31-29-26(20(5)6)15-12-16-27(29)21(7)8;2*1-5(2,3)4;/h11-21H,1-10H3;2*1H2,2-4H3;/q3*-1;/b22-17-,31-23?;;;. The molecule has 2 rings (SSSR count). The predicted octanol–water partition coefficient (Wildman–Crippen LogP) is 13.6. The first-order chi connectivity index (χ1) is 18.5. The van der Waals surface area contributed by atoms with E-state index in [0.29, 0.717) is 23.7 Å². The number of nitrogens with zero attached hydrogens (tertiary/aromatic N) is 2. The van der Waals surface area contributed by atoms with Gasteiger partial charge in [-0.25, -0.2) is 0 Å². The van der Waals surface area contributed by atoms with Crippen molar-refractivity contribution < 1.29 is 18.6 Å². The third-order valence-electron chi connectivity index (χ3n) is 5.68. The van der Waals surface area contributed by atoms with E-state index < -0.39 is 0 Å². The summed E-state index contributed by atoms with van der Waals surface area (Å²) in [7, 11) is 0. The van der Waals surface area contributed by atoms with E-state index in [0.717, 1.165) is 22.8 Å². The van der Waals surface area contributed by atoms with Crippen LogP contribution >= 0.6 is 0 Å². The Morgan fingerprint density at radius 3 is 1.21 bits per heavy atom. The van der Waals surface area contributed by atoms with Gasteiger partial charge < -0.3 is 19.2 Å². The number of aliphatic imine (C=N–C) groups is 1. The van der Waals surface area contributed by atoms with E-state index in [-0.39, 0.29) is 29.4 Å². The quantitative estimate of drug-likeness (QED) is 0.210. The van der Waals surface area contributed by atoms with Crippen molar-refractivity contribution in [2.45, 2.75) is 134 Å². The van der Waals surface area contributed by atoms with Crippen molar-refractivity contribution in [3.63, 3.8) is 0 Å². The van der Waals surface area contributed by atoms with Crippen molar-refractivity contribution in [3.8, 4) is 0 Å². The van der Waals surface area contributed by atoms with Crippen LogP contribution in [0.4, 0.5) is 11.4 Å². The van der Waals surface area contributed by atoms with Crippen molar-refractivity contribution in [3.05, 3.63) is 89.6 Å². The predicted molar refractivity (Wildman–Crippen MR) is 188 cm³/mol. The molecule has 2 aromatic rings. The summed E-state index contributed by atoms with van der Waals surface area (Å²) in [5, 5.41) is 5.08. The summed E-state index contributed by atoms with van der Waals surface area (Å²) in [6.45, 7) is 42.1. The maximum Gasteiger partial charge on any atom is 0.0701 e. The molecule has 0 aliphatic rings. The zero-order valence-corrected chi connectivity index (χ0v) is 31.5. The SMILES string of the molecule is CC(/C=C(/C)[N-]c1c(C(C)C)cccc1C(C)C)=Nc1c(C(C)C)cccc1C(C)C.[CH2-]C(C)(C)C.[CH2-]C(C)(C)C.[V]. The maximum absolute atomic E-state index is 5.08. The molecule has 2 nitrogen and oxygen atoms in total. The van der Waals surface area contributed by atoms with Crippen molar-refractivity contribution in [2.75, 3.05) is 0 Å². The summed E-state index contributed by atoms with van der Waals surface area (Å²) in [5.74, 6) is 1.75. The average molecular weight is 611 g/mol. The second kappa shape index (κ2) is 18.8. The summed E-state index contributed by atoms with van der Waals surface area (Å²) < 4.78 is 0. The van der Waals surface area contributed by atoms with Gasteiger partial charge >= 0.3 is 0 Å². The molecule has 2 aromatic carbocycles. The molecule has 0 unspecified atom stereocenters. The van der Waals surface area contributed by atoms with Crippen LogP contribution in [0.25, 0.3) is 5.32 Å². The summed E-state index contributed by atoms with van der Waals surface area (Å²) in [5.41, 5.74) is 9.95. The van der Waals surface area contributed by atoms with Gasteiger partial charge in [0.1, 0.15) is 0 Å². The molecule has 0 fully saturated rings. The Morgan fingerprint density at radius 2 is 0.929 bits per heavy atom. The van der Waals surface area contributed by atoms with Gasteiger partial charge in [0, 0.05) is 24.3 Å². The minimum absolute atomic E-state index is 0. The summed E-state index contributed by atoms with van der Waals surface area (Å²) in [6, 6.07) is 13.1. The largest absolute Gasteiger partial charge is 0.661 e. The number of hydrogen-bond donors (Lipinski definition) is 0. The van der Waals surface area contributed by atoms with Gasteiger partial charge in [-0.1, -0.05) is 157 Å². The molecule has 42 heavy (non-hydrogen) atoms. The van der Waals surface area contributed by atoms with Crippen LogP contribution in [-0.2, 0) is 18.6 Å². The fourth-order valence-electron chi connectivity index (χ4n) is 4.00. The monoisotopic (exact) mass is 610 g/mol. The molecule has 0 atom stereocenters. The first-order valence-corrected chi connectivity index (χ1v) is 15.4. The molecule has 0 saturated carbocycles. The van der Waals surface area contributed by atoms with Gasteiger partial charge in [0.15, 0.2) is 0 Å².